The van der Waals surface area contributed by atoms with Gasteiger partial charge in [-0.2, -0.15) is 0 Å². The lowest BCUT2D eigenvalue weighted by atomic mass is 9.97. The Hall–Kier alpha value is -1.37. The van der Waals surface area contributed by atoms with Crippen molar-refractivity contribution in [2.24, 2.45) is 5.73 Å². The molecule has 1 aromatic carbocycles. The lowest BCUT2D eigenvalue weighted by Crippen LogP contribution is -2.51. The summed E-state index contributed by atoms with van der Waals surface area (Å²) in [6.07, 6.45) is 5.30. The summed E-state index contributed by atoms with van der Waals surface area (Å²) < 4.78 is 13.6. The highest BCUT2D eigenvalue weighted by Crippen LogP contribution is 2.29. The summed E-state index contributed by atoms with van der Waals surface area (Å²) >= 11 is 0. The molecule has 122 valence electrons. The third-order valence-electron chi connectivity index (χ3n) is 4.06. The van der Waals surface area contributed by atoms with E-state index >= 15 is 0 Å². The molecule has 1 aliphatic carbocycles. The zero-order chi connectivity index (χ0) is 14.2. The Balaban J connectivity index is 0.00000121. The van der Waals surface area contributed by atoms with E-state index in [-0.39, 0.29) is 41.8 Å². The fourth-order valence-electron chi connectivity index (χ4n) is 2.93. The van der Waals surface area contributed by atoms with Crippen LogP contribution in [0.3, 0.4) is 0 Å². The van der Waals surface area contributed by atoms with Crippen molar-refractivity contribution in [3.05, 3.63) is 29.8 Å². The zero-order valence-corrected chi connectivity index (χ0v) is 13.5. The van der Waals surface area contributed by atoms with Crippen molar-refractivity contribution in [3.8, 4) is 0 Å². The van der Waals surface area contributed by atoms with Crippen LogP contribution in [0, 0.1) is 5.82 Å². The number of aromatic nitrogens is 2. The molecule has 1 aromatic heterocycles. The van der Waals surface area contributed by atoms with Gasteiger partial charge in [0.1, 0.15) is 11.3 Å². The van der Waals surface area contributed by atoms with Crippen molar-refractivity contribution in [3.63, 3.8) is 0 Å². The largest absolute Gasteiger partial charge is 0.345 e. The predicted octanol–water partition coefficient (Wildman–Crippen LogP) is 2.55. The summed E-state index contributed by atoms with van der Waals surface area (Å²) in [5, 5.41) is 2.98. The maximum absolute atomic E-state index is 13.6. The highest BCUT2D eigenvalue weighted by molar-refractivity contribution is 6.05. The number of fused-ring (bicyclic) bond motifs is 1. The normalized spacial score (nSPS) is 15.9. The first-order chi connectivity index (χ1) is 9.63. The van der Waals surface area contributed by atoms with Crippen molar-refractivity contribution in [2.45, 2.75) is 31.2 Å². The Labute approximate surface area is 140 Å². The van der Waals surface area contributed by atoms with Crippen LogP contribution in [0.2, 0.25) is 0 Å². The molecule has 4 N–H and O–H groups in total. The van der Waals surface area contributed by atoms with E-state index in [4.69, 9.17) is 5.73 Å². The van der Waals surface area contributed by atoms with Crippen molar-refractivity contribution in [1.82, 2.24) is 15.3 Å². The molecule has 8 heteroatoms. The number of hydrogen-bond acceptors (Lipinski definition) is 3. The van der Waals surface area contributed by atoms with Gasteiger partial charge >= 0.3 is 0 Å². The number of carbonyl (C=O) groups is 1. The molecule has 3 rings (SSSR count). The van der Waals surface area contributed by atoms with E-state index < -0.39 is 5.82 Å². The molecule has 0 bridgehead atoms. The molecule has 2 aromatic rings. The molecule has 0 radical (unpaired) electrons. The number of halogens is 3. The topological polar surface area (TPSA) is 83.8 Å². The van der Waals surface area contributed by atoms with Gasteiger partial charge in [-0.15, -0.1) is 24.8 Å². The Morgan fingerprint density at radius 3 is 2.68 bits per heavy atom. The number of aromatic amines is 1. The van der Waals surface area contributed by atoms with Crippen LogP contribution in [-0.2, 0) is 0 Å². The molecule has 0 atom stereocenters. The number of imidazole rings is 1. The van der Waals surface area contributed by atoms with Gasteiger partial charge in [-0.3, -0.25) is 4.79 Å². The molecule has 0 spiro atoms. The first-order valence-corrected chi connectivity index (χ1v) is 6.79. The number of rotatable bonds is 3. The van der Waals surface area contributed by atoms with Gasteiger partial charge in [-0.25, -0.2) is 9.37 Å². The molecule has 0 unspecified atom stereocenters. The van der Waals surface area contributed by atoms with Gasteiger partial charge in [0.05, 0.1) is 22.9 Å². The van der Waals surface area contributed by atoms with Crippen molar-refractivity contribution >= 4 is 41.8 Å². The summed E-state index contributed by atoms with van der Waals surface area (Å²) in [5.41, 5.74) is 6.70. The maximum Gasteiger partial charge on any atom is 0.254 e. The van der Waals surface area contributed by atoms with Crippen LogP contribution in [0.4, 0.5) is 4.39 Å². The van der Waals surface area contributed by atoms with Crippen LogP contribution in [0.5, 0.6) is 0 Å². The highest BCUT2D eigenvalue weighted by atomic mass is 35.5. The van der Waals surface area contributed by atoms with Crippen LogP contribution in [-0.4, -0.2) is 28.0 Å². The summed E-state index contributed by atoms with van der Waals surface area (Å²) in [4.78, 5) is 19.3. The average Bonchev–Trinajstić information content (AvgIpc) is 3.06. The van der Waals surface area contributed by atoms with E-state index in [9.17, 15) is 9.18 Å². The second-order valence-electron chi connectivity index (χ2n) is 5.40. The molecule has 0 aliphatic heterocycles. The second kappa shape index (κ2) is 7.26. The first-order valence-electron chi connectivity index (χ1n) is 6.79. The minimum atomic E-state index is -0.458. The van der Waals surface area contributed by atoms with Gasteiger partial charge in [0.25, 0.3) is 5.91 Å². The summed E-state index contributed by atoms with van der Waals surface area (Å²) in [7, 11) is 0. The van der Waals surface area contributed by atoms with Crippen LogP contribution < -0.4 is 11.1 Å². The van der Waals surface area contributed by atoms with Crippen LogP contribution in [0.15, 0.2) is 18.5 Å². The number of amides is 1. The fraction of sp³-hybridized carbons (Fsp3) is 0.429. The summed E-state index contributed by atoms with van der Waals surface area (Å²) in [6, 6.07) is 2.55. The first kappa shape index (κ1) is 18.7. The number of benzene rings is 1. The third kappa shape index (κ3) is 3.34. The molecule has 5 nitrogen and oxygen atoms in total. The minimum Gasteiger partial charge on any atom is -0.345 e. The van der Waals surface area contributed by atoms with Crippen LogP contribution in [0.25, 0.3) is 11.0 Å². The smallest absolute Gasteiger partial charge is 0.254 e. The van der Waals surface area contributed by atoms with E-state index in [0.29, 0.717) is 17.6 Å². The number of hydrogen-bond donors (Lipinski definition) is 3. The summed E-state index contributed by atoms with van der Waals surface area (Å²) in [6.45, 7) is 0.401. The van der Waals surface area contributed by atoms with Crippen molar-refractivity contribution in [2.75, 3.05) is 6.54 Å². The molecule has 1 heterocycles. The lowest BCUT2D eigenvalue weighted by molar-refractivity contribution is 0.0904. The third-order valence-corrected chi connectivity index (χ3v) is 4.06. The molecule has 1 aliphatic rings. The summed E-state index contributed by atoms with van der Waals surface area (Å²) in [5.74, 6) is -0.769. The Bertz CT molecular complexity index is 655. The molecular weight excluding hydrogens is 330 g/mol. The van der Waals surface area contributed by atoms with Crippen LogP contribution >= 0.6 is 24.8 Å². The molecule has 22 heavy (non-hydrogen) atoms. The number of nitrogens with one attached hydrogen (secondary N) is 2. The number of H-pyrrole nitrogens is 1. The van der Waals surface area contributed by atoms with Gasteiger partial charge in [0, 0.05) is 6.54 Å². The SMILES string of the molecule is Cl.Cl.NCC1(NC(=O)c2cc(F)cc3[nH]cnc23)CCCC1. The van der Waals surface area contributed by atoms with Crippen molar-refractivity contribution < 1.29 is 9.18 Å². The minimum absolute atomic E-state index is 0. The van der Waals surface area contributed by atoms with Gasteiger partial charge in [-0.1, -0.05) is 12.8 Å². The predicted molar refractivity (Wildman–Crippen MR) is 88.3 cm³/mol. The quantitative estimate of drug-likeness (QED) is 0.796. The standard InChI is InChI=1S/C14H17FN4O.2ClH/c15-9-5-10(12-11(6-9)17-8-18-12)13(20)19-14(7-16)3-1-2-4-14;;/h5-6,8H,1-4,7,16H2,(H,17,18)(H,19,20);2*1H. The van der Waals surface area contributed by atoms with Gasteiger partial charge in [0.15, 0.2) is 0 Å². The number of nitrogens with two attached hydrogens (primary N) is 1. The second-order valence-corrected chi connectivity index (χ2v) is 5.40. The molecule has 1 saturated carbocycles. The average molecular weight is 349 g/mol. The number of nitrogens with zero attached hydrogens (tertiary/aromatic N) is 1. The van der Waals surface area contributed by atoms with E-state index in [1.165, 1.54) is 18.5 Å². The number of carbonyl (C=O) groups excluding carboxylic acids is 1. The van der Waals surface area contributed by atoms with E-state index in [1.54, 1.807) is 0 Å². The highest BCUT2D eigenvalue weighted by Gasteiger charge is 2.34. The van der Waals surface area contributed by atoms with Gasteiger partial charge in [0.2, 0.25) is 0 Å². The monoisotopic (exact) mass is 348 g/mol. The Morgan fingerprint density at radius 1 is 1.36 bits per heavy atom. The molecule has 1 amide bonds. The fourth-order valence-corrected chi connectivity index (χ4v) is 2.93. The lowest BCUT2D eigenvalue weighted by Gasteiger charge is -2.28. The molecule has 1 fully saturated rings. The van der Waals surface area contributed by atoms with Crippen LogP contribution in [0.1, 0.15) is 36.0 Å². The Kier molecular flexibility index (Phi) is 6.17. The van der Waals surface area contributed by atoms with Crippen molar-refractivity contribution in [1.29, 1.82) is 0 Å². The van der Waals surface area contributed by atoms with Gasteiger partial charge < -0.3 is 16.0 Å². The maximum atomic E-state index is 13.6. The Morgan fingerprint density at radius 2 is 2.05 bits per heavy atom. The van der Waals surface area contributed by atoms with Gasteiger partial charge in [-0.05, 0) is 25.0 Å². The zero-order valence-electron chi connectivity index (χ0n) is 11.9. The molecular formula is C14H19Cl2FN4O. The molecule has 0 saturated heterocycles. The van der Waals surface area contributed by atoms with E-state index in [2.05, 4.69) is 15.3 Å². The van der Waals surface area contributed by atoms with E-state index in [1.807, 2.05) is 0 Å². The van der Waals surface area contributed by atoms with E-state index in [0.717, 1.165) is 25.7 Å².